The Morgan fingerprint density at radius 2 is 1.84 bits per heavy atom. The maximum Gasteiger partial charge on any atom is 0.314 e. The molecule has 5 heteroatoms. The number of nitrogens with one attached hydrogen (secondary N) is 2. The molecule has 0 aliphatic heterocycles. The first-order chi connectivity index (χ1) is 12.2. The fourth-order valence-corrected chi connectivity index (χ4v) is 2.47. The van der Waals surface area contributed by atoms with E-state index in [0.717, 1.165) is 29.9 Å². The van der Waals surface area contributed by atoms with E-state index in [4.69, 9.17) is 9.47 Å². The van der Waals surface area contributed by atoms with Crippen molar-refractivity contribution in [3.63, 3.8) is 0 Å². The molecule has 0 saturated carbocycles. The second-order valence-electron chi connectivity index (χ2n) is 5.59. The van der Waals surface area contributed by atoms with E-state index >= 15 is 0 Å². The molecule has 2 aromatic carbocycles. The summed E-state index contributed by atoms with van der Waals surface area (Å²) in [7, 11) is 1.65. The number of hydrogen-bond acceptors (Lipinski definition) is 3. The number of benzene rings is 2. The van der Waals surface area contributed by atoms with Crippen LogP contribution in [0.3, 0.4) is 0 Å². The molecule has 0 aromatic heterocycles. The molecule has 2 rings (SSSR count). The van der Waals surface area contributed by atoms with Gasteiger partial charge in [-0.2, -0.15) is 0 Å². The van der Waals surface area contributed by atoms with E-state index in [1.165, 1.54) is 5.56 Å². The zero-order valence-electron chi connectivity index (χ0n) is 14.9. The number of aryl methyl sites for hydroxylation is 1. The van der Waals surface area contributed by atoms with Crippen LogP contribution in [-0.2, 0) is 12.8 Å². The zero-order chi connectivity index (χ0) is 17.9. The van der Waals surface area contributed by atoms with Crippen LogP contribution in [0, 0.1) is 0 Å². The number of carbonyl (C=O) groups is 1. The first-order valence-electron chi connectivity index (χ1n) is 8.58. The SMILES string of the molecule is CCc1cccc(OCCNC(=O)NCCc2ccccc2OC)c1. The minimum Gasteiger partial charge on any atom is -0.496 e. The highest BCUT2D eigenvalue weighted by Gasteiger charge is 2.03. The van der Waals surface area contributed by atoms with E-state index in [0.29, 0.717) is 19.7 Å². The molecule has 2 aromatic rings. The van der Waals surface area contributed by atoms with Crippen molar-refractivity contribution in [1.82, 2.24) is 10.6 Å². The average Bonchev–Trinajstić information content (AvgIpc) is 2.66. The third-order valence-corrected chi connectivity index (χ3v) is 3.84. The molecule has 0 unspecified atom stereocenters. The zero-order valence-corrected chi connectivity index (χ0v) is 14.9. The second-order valence-corrected chi connectivity index (χ2v) is 5.59. The summed E-state index contributed by atoms with van der Waals surface area (Å²) >= 11 is 0. The summed E-state index contributed by atoms with van der Waals surface area (Å²) in [6, 6.07) is 15.6. The van der Waals surface area contributed by atoms with E-state index in [2.05, 4.69) is 23.6 Å². The monoisotopic (exact) mass is 342 g/mol. The van der Waals surface area contributed by atoms with Gasteiger partial charge < -0.3 is 20.1 Å². The lowest BCUT2D eigenvalue weighted by Crippen LogP contribution is -2.38. The lowest BCUT2D eigenvalue weighted by molar-refractivity contribution is 0.236. The molecular weight excluding hydrogens is 316 g/mol. The highest BCUT2D eigenvalue weighted by Crippen LogP contribution is 2.17. The van der Waals surface area contributed by atoms with Crippen molar-refractivity contribution in [2.24, 2.45) is 0 Å². The molecule has 0 bridgehead atoms. The minimum absolute atomic E-state index is 0.194. The van der Waals surface area contributed by atoms with Crippen LogP contribution >= 0.6 is 0 Å². The molecule has 25 heavy (non-hydrogen) atoms. The first-order valence-corrected chi connectivity index (χ1v) is 8.58. The van der Waals surface area contributed by atoms with Crippen molar-refractivity contribution in [1.29, 1.82) is 0 Å². The van der Waals surface area contributed by atoms with Gasteiger partial charge in [0.15, 0.2) is 0 Å². The molecule has 2 N–H and O–H groups in total. The quantitative estimate of drug-likeness (QED) is 0.688. The summed E-state index contributed by atoms with van der Waals surface area (Å²) in [5, 5.41) is 5.63. The summed E-state index contributed by atoms with van der Waals surface area (Å²) in [4.78, 5) is 11.8. The first kappa shape index (κ1) is 18.6. The minimum atomic E-state index is -0.194. The number of carbonyl (C=O) groups excluding carboxylic acids is 1. The number of amides is 2. The van der Waals surface area contributed by atoms with E-state index < -0.39 is 0 Å². The molecule has 0 fully saturated rings. The standard InChI is InChI=1S/C20H26N2O3/c1-3-16-7-6-9-18(15-16)25-14-13-22-20(23)21-12-11-17-8-4-5-10-19(17)24-2/h4-10,15H,3,11-14H2,1-2H3,(H2,21,22,23). The van der Waals surface area contributed by atoms with Gasteiger partial charge in [-0.3, -0.25) is 0 Å². The molecule has 0 aliphatic rings. The van der Waals surface area contributed by atoms with Gasteiger partial charge >= 0.3 is 6.03 Å². The largest absolute Gasteiger partial charge is 0.496 e. The molecule has 0 saturated heterocycles. The molecule has 0 atom stereocenters. The number of rotatable bonds is 9. The van der Waals surface area contributed by atoms with Crippen molar-refractivity contribution >= 4 is 6.03 Å². The van der Waals surface area contributed by atoms with Gasteiger partial charge in [0.1, 0.15) is 18.1 Å². The van der Waals surface area contributed by atoms with Gasteiger partial charge in [0.25, 0.3) is 0 Å². The maximum absolute atomic E-state index is 11.8. The molecule has 0 heterocycles. The fourth-order valence-electron chi connectivity index (χ4n) is 2.47. The number of ether oxygens (including phenoxy) is 2. The maximum atomic E-state index is 11.8. The van der Waals surface area contributed by atoms with E-state index in [1.54, 1.807) is 7.11 Å². The topological polar surface area (TPSA) is 59.6 Å². The van der Waals surface area contributed by atoms with Gasteiger partial charge in [0.2, 0.25) is 0 Å². The number of hydrogen-bond donors (Lipinski definition) is 2. The van der Waals surface area contributed by atoms with Crippen molar-refractivity contribution in [3.05, 3.63) is 59.7 Å². The highest BCUT2D eigenvalue weighted by atomic mass is 16.5. The Labute approximate surface area is 149 Å². The van der Waals surface area contributed by atoms with Crippen LogP contribution in [0.25, 0.3) is 0 Å². The Morgan fingerprint density at radius 3 is 2.64 bits per heavy atom. The Kier molecular flexibility index (Phi) is 7.63. The predicted octanol–water partition coefficient (Wildman–Crippen LogP) is 3.18. The van der Waals surface area contributed by atoms with Crippen LogP contribution in [0.1, 0.15) is 18.1 Å². The number of urea groups is 1. The van der Waals surface area contributed by atoms with Crippen molar-refractivity contribution < 1.29 is 14.3 Å². The van der Waals surface area contributed by atoms with Gasteiger partial charge in [-0.15, -0.1) is 0 Å². The predicted molar refractivity (Wildman–Crippen MR) is 99.4 cm³/mol. The Bertz CT molecular complexity index is 673. The van der Waals surface area contributed by atoms with Gasteiger partial charge in [0, 0.05) is 6.54 Å². The Hall–Kier alpha value is -2.69. The Morgan fingerprint density at radius 1 is 1.04 bits per heavy atom. The summed E-state index contributed by atoms with van der Waals surface area (Å²) < 4.78 is 10.9. The van der Waals surface area contributed by atoms with Gasteiger partial charge in [-0.1, -0.05) is 37.3 Å². The summed E-state index contributed by atoms with van der Waals surface area (Å²) in [6.45, 7) is 3.55. The van der Waals surface area contributed by atoms with Crippen LogP contribution in [-0.4, -0.2) is 32.8 Å². The molecular formula is C20H26N2O3. The number of para-hydroxylation sites is 1. The van der Waals surface area contributed by atoms with Crippen molar-refractivity contribution in [2.45, 2.75) is 19.8 Å². The molecule has 0 radical (unpaired) electrons. The van der Waals surface area contributed by atoms with E-state index in [1.807, 2.05) is 42.5 Å². The Balaban J connectivity index is 1.62. The number of methoxy groups -OCH3 is 1. The molecule has 0 spiro atoms. The summed E-state index contributed by atoms with van der Waals surface area (Å²) in [5.41, 5.74) is 2.31. The van der Waals surface area contributed by atoms with E-state index in [9.17, 15) is 4.79 Å². The van der Waals surface area contributed by atoms with Crippen LogP contribution < -0.4 is 20.1 Å². The van der Waals surface area contributed by atoms with Crippen molar-refractivity contribution in [3.8, 4) is 11.5 Å². The third kappa shape index (κ3) is 6.37. The highest BCUT2D eigenvalue weighted by molar-refractivity contribution is 5.73. The molecule has 134 valence electrons. The lowest BCUT2D eigenvalue weighted by atomic mass is 10.1. The van der Waals surface area contributed by atoms with Gasteiger partial charge in [-0.05, 0) is 42.2 Å². The van der Waals surface area contributed by atoms with Crippen LogP contribution in [0.4, 0.5) is 4.79 Å². The normalized spacial score (nSPS) is 10.2. The van der Waals surface area contributed by atoms with Crippen LogP contribution in [0.5, 0.6) is 11.5 Å². The van der Waals surface area contributed by atoms with E-state index in [-0.39, 0.29) is 6.03 Å². The summed E-state index contributed by atoms with van der Waals surface area (Å²) in [5.74, 6) is 1.67. The molecule has 0 aliphatic carbocycles. The van der Waals surface area contributed by atoms with Crippen LogP contribution in [0.2, 0.25) is 0 Å². The molecule has 2 amide bonds. The second kappa shape index (κ2) is 10.2. The average molecular weight is 342 g/mol. The van der Waals surface area contributed by atoms with Gasteiger partial charge in [-0.25, -0.2) is 4.79 Å². The lowest BCUT2D eigenvalue weighted by Gasteiger charge is -2.11. The molecule has 5 nitrogen and oxygen atoms in total. The smallest absolute Gasteiger partial charge is 0.314 e. The van der Waals surface area contributed by atoms with Gasteiger partial charge in [0.05, 0.1) is 13.7 Å². The van der Waals surface area contributed by atoms with Crippen molar-refractivity contribution in [2.75, 3.05) is 26.8 Å². The third-order valence-electron chi connectivity index (χ3n) is 3.84. The van der Waals surface area contributed by atoms with Crippen LogP contribution in [0.15, 0.2) is 48.5 Å². The fraction of sp³-hybridized carbons (Fsp3) is 0.350. The summed E-state index contributed by atoms with van der Waals surface area (Å²) in [6.07, 6.45) is 1.70.